The largest absolute Gasteiger partial charge is 0.640 e. The third-order valence-corrected chi connectivity index (χ3v) is 1.73. The van der Waals surface area contributed by atoms with Crippen LogP contribution < -0.4 is 0 Å². The Bertz CT molecular complexity index is 113. The third-order valence-electron chi connectivity index (χ3n) is 1.73. The molecule has 0 fully saturated rings. The summed E-state index contributed by atoms with van der Waals surface area (Å²) in [7, 11) is 1.70. The summed E-state index contributed by atoms with van der Waals surface area (Å²) in [5.41, 5.74) is 0. The molecule has 6 heteroatoms. The average Bonchev–Trinajstić information content (AvgIpc) is 2.22. The summed E-state index contributed by atoms with van der Waals surface area (Å²) in [5, 5.41) is 9.31. The zero-order valence-electron chi connectivity index (χ0n) is 9.23. The second-order valence-electron chi connectivity index (χ2n) is 2.73. The Labute approximate surface area is 85.5 Å². The molecule has 14 heavy (non-hydrogen) atoms. The Balaban J connectivity index is 3.77. The first kappa shape index (κ1) is 13.9. The molecule has 0 aromatic carbocycles. The van der Waals surface area contributed by atoms with Gasteiger partial charge in [0.15, 0.2) is 0 Å². The summed E-state index contributed by atoms with van der Waals surface area (Å²) in [5.74, 6) is 0. The van der Waals surface area contributed by atoms with Crippen LogP contribution in [0.1, 0.15) is 26.7 Å². The van der Waals surface area contributed by atoms with Crippen molar-refractivity contribution in [3.05, 3.63) is 0 Å². The van der Waals surface area contributed by atoms with Crippen LogP contribution in [0.5, 0.6) is 0 Å². The molecule has 0 rings (SSSR count). The van der Waals surface area contributed by atoms with Crippen LogP contribution >= 0.6 is 0 Å². The first-order valence-corrected chi connectivity index (χ1v) is 4.72. The summed E-state index contributed by atoms with van der Waals surface area (Å²) in [6, 6.07) is 0. The van der Waals surface area contributed by atoms with E-state index in [1.807, 2.05) is 13.8 Å². The minimum Gasteiger partial charge on any atom is -0.401 e. The summed E-state index contributed by atoms with van der Waals surface area (Å²) in [6.45, 7) is 3.77. The Morgan fingerprint density at radius 3 is 1.57 bits per heavy atom. The summed E-state index contributed by atoms with van der Waals surface area (Å²) in [6.07, 6.45) is 0.361. The molecule has 0 saturated heterocycles. The lowest BCUT2D eigenvalue weighted by Gasteiger charge is -2.19. The van der Waals surface area contributed by atoms with Crippen molar-refractivity contribution in [3.8, 4) is 0 Å². The quantitative estimate of drug-likeness (QED) is 0.469. The maximum absolute atomic E-state index is 9.31. The predicted octanol–water partition coefficient (Wildman–Crippen LogP) is 0.762. The zero-order valence-corrected chi connectivity index (χ0v) is 9.23. The molecule has 0 radical (unpaired) electrons. The molecule has 0 aliphatic rings. The van der Waals surface area contributed by atoms with Gasteiger partial charge in [-0.3, -0.25) is 0 Å². The van der Waals surface area contributed by atoms with E-state index in [9.17, 15) is 5.02 Å². The molecular weight excluding hydrogens is 187 g/mol. The normalized spacial score (nSPS) is 15.2. The van der Waals surface area contributed by atoms with Gasteiger partial charge in [-0.2, -0.15) is 0 Å². The van der Waals surface area contributed by atoms with Gasteiger partial charge in [0.1, 0.15) is 12.6 Å². The fraction of sp³-hybridized carbons (Fsp3) is 1.00. The maximum Gasteiger partial charge on any atom is 0.640 e. The van der Waals surface area contributed by atoms with E-state index in [0.717, 1.165) is 0 Å². The Hall–Kier alpha value is -0.135. The van der Waals surface area contributed by atoms with Gasteiger partial charge in [-0.05, 0) is 12.8 Å². The highest BCUT2D eigenvalue weighted by molar-refractivity contribution is 6.34. The van der Waals surface area contributed by atoms with Crippen LogP contribution in [-0.4, -0.2) is 39.1 Å². The molecule has 0 bridgehead atoms. The predicted molar refractivity (Wildman–Crippen MR) is 52.3 cm³/mol. The number of methoxy groups -OCH3 is 2. The van der Waals surface area contributed by atoms with Gasteiger partial charge < -0.3 is 23.8 Å². The Morgan fingerprint density at radius 2 is 1.36 bits per heavy atom. The Morgan fingerprint density at radius 1 is 1.00 bits per heavy atom. The van der Waals surface area contributed by atoms with E-state index in [-0.39, 0.29) is 0 Å². The van der Waals surface area contributed by atoms with Gasteiger partial charge >= 0.3 is 7.32 Å². The minimum atomic E-state index is -1.32. The molecule has 0 saturated carbocycles. The smallest absolute Gasteiger partial charge is 0.401 e. The lowest BCUT2D eigenvalue weighted by molar-refractivity contribution is -0.125. The van der Waals surface area contributed by atoms with Crippen molar-refractivity contribution in [3.63, 3.8) is 0 Å². The molecule has 0 aromatic rings. The van der Waals surface area contributed by atoms with Crippen LogP contribution in [0.25, 0.3) is 0 Å². The van der Waals surface area contributed by atoms with Gasteiger partial charge in [0.05, 0.1) is 0 Å². The summed E-state index contributed by atoms with van der Waals surface area (Å²) in [4.78, 5) is 0. The van der Waals surface area contributed by atoms with E-state index in [4.69, 9.17) is 18.8 Å². The van der Waals surface area contributed by atoms with Crippen molar-refractivity contribution < 1.29 is 23.8 Å². The van der Waals surface area contributed by atoms with Gasteiger partial charge in [0, 0.05) is 14.2 Å². The van der Waals surface area contributed by atoms with E-state index in [1.165, 1.54) is 14.2 Å². The molecule has 0 amide bonds. The highest BCUT2D eigenvalue weighted by Gasteiger charge is 2.24. The molecule has 1 N–H and O–H groups in total. The van der Waals surface area contributed by atoms with Crippen LogP contribution in [0.3, 0.4) is 0 Å². The highest BCUT2D eigenvalue weighted by Crippen LogP contribution is 2.05. The zero-order chi connectivity index (χ0) is 11.0. The van der Waals surface area contributed by atoms with Crippen LogP contribution in [0.2, 0.25) is 0 Å². The molecule has 0 aromatic heterocycles. The van der Waals surface area contributed by atoms with Crippen molar-refractivity contribution in [2.45, 2.75) is 39.3 Å². The minimum absolute atomic E-state index is 0.459. The lowest BCUT2D eigenvalue weighted by atomic mass is 10.2. The molecule has 0 spiro atoms. The topological polar surface area (TPSA) is 57.2 Å². The van der Waals surface area contributed by atoms with Crippen molar-refractivity contribution in [1.29, 1.82) is 0 Å². The summed E-state index contributed by atoms with van der Waals surface area (Å²) >= 11 is 0. The van der Waals surface area contributed by atoms with Crippen molar-refractivity contribution in [2.24, 2.45) is 0 Å². The molecule has 0 aliphatic heterocycles. The van der Waals surface area contributed by atoms with Crippen molar-refractivity contribution in [2.75, 3.05) is 14.2 Å². The average molecular weight is 206 g/mol. The molecule has 5 nitrogen and oxygen atoms in total. The maximum atomic E-state index is 9.31. The van der Waals surface area contributed by atoms with Crippen LogP contribution in [0, 0.1) is 0 Å². The van der Waals surface area contributed by atoms with Gasteiger partial charge in [0.2, 0.25) is 0 Å². The SMILES string of the molecule is CCC(OC)OB(O)OC(CC)OC. The van der Waals surface area contributed by atoms with Crippen LogP contribution in [0.15, 0.2) is 0 Å². The highest BCUT2D eigenvalue weighted by atomic mass is 16.8. The third kappa shape index (κ3) is 5.56. The van der Waals surface area contributed by atoms with Crippen molar-refractivity contribution in [1.82, 2.24) is 0 Å². The number of hydrogen-bond donors (Lipinski definition) is 1. The fourth-order valence-electron chi connectivity index (χ4n) is 0.929. The second kappa shape index (κ2) is 8.20. The van der Waals surface area contributed by atoms with E-state index in [1.54, 1.807) is 0 Å². The Kier molecular flexibility index (Phi) is 8.12. The molecule has 0 aliphatic carbocycles. The van der Waals surface area contributed by atoms with Crippen molar-refractivity contribution >= 4 is 7.32 Å². The molecule has 2 unspecified atom stereocenters. The second-order valence-corrected chi connectivity index (χ2v) is 2.73. The number of ether oxygens (including phenoxy) is 2. The molecule has 84 valence electrons. The van der Waals surface area contributed by atoms with Gasteiger partial charge in [-0.25, -0.2) is 0 Å². The molecule has 0 heterocycles. The number of hydrogen-bond acceptors (Lipinski definition) is 5. The standard InChI is InChI=1S/C8H19BO5/c1-5-7(11-3)13-9(10)14-8(6-2)12-4/h7-8,10H,5-6H2,1-4H3. The van der Waals surface area contributed by atoms with Gasteiger partial charge in [-0.1, -0.05) is 13.8 Å². The van der Waals surface area contributed by atoms with E-state index >= 15 is 0 Å². The van der Waals surface area contributed by atoms with E-state index in [0.29, 0.717) is 12.8 Å². The van der Waals surface area contributed by atoms with E-state index < -0.39 is 19.9 Å². The fourth-order valence-corrected chi connectivity index (χ4v) is 0.929. The monoisotopic (exact) mass is 206 g/mol. The molecular formula is C8H19BO5. The molecule has 2 atom stereocenters. The van der Waals surface area contributed by atoms with E-state index in [2.05, 4.69) is 0 Å². The summed E-state index contributed by atoms with van der Waals surface area (Å²) < 4.78 is 19.9. The first-order valence-electron chi connectivity index (χ1n) is 4.72. The number of rotatable bonds is 8. The van der Waals surface area contributed by atoms with Gasteiger partial charge in [-0.15, -0.1) is 0 Å². The first-order chi connectivity index (χ1) is 6.67. The van der Waals surface area contributed by atoms with Crippen LogP contribution in [0.4, 0.5) is 0 Å². The van der Waals surface area contributed by atoms with Crippen LogP contribution in [-0.2, 0) is 18.8 Å². The lowest BCUT2D eigenvalue weighted by Crippen LogP contribution is -2.34. The van der Waals surface area contributed by atoms with Gasteiger partial charge in [0.25, 0.3) is 0 Å².